The highest BCUT2D eigenvalue weighted by Crippen LogP contribution is 2.34. The molecule has 0 bridgehead atoms. The number of imidazole rings is 2. The lowest BCUT2D eigenvalue weighted by molar-refractivity contribution is -0.140. The average Bonchev–Trinajstić information content (AvgIpc) is 4.07. The summed E-state index contributed by atoms with van der Waals surface area (Å²) in [4.78, 5) is 84.9. The number of fused-ring (bicyclic) bond motifs is 2. The minimum absolute atomic E-state index is 0.194. The van der Waals surface area contributed by atoms with Gasteiger partial charge in [0.1, 0.15) is 28.1 Å². The summed E-state index contributed by atoms with van der Waals surface area (Å²) in [6.45, 7) is 12.6. The van der Waals surface area contributed by atoms with Crippen LogP contribution in [0.2, 0.25) is 0 Å². The van der Waals surface area contributed by atoms with Crippen LogP contribution in [0.5, 0.6) is 5.75 Å². The molecule has 1 aliphatic heterocycles. The number of nitrogens with two attached hydrogens (primary N) is 1. The summed E-state index contributed by atoms with van der Waals surface area (Å²) in [6, 6.07) is 8.41. The van der Waals surface area contributed by atoms with Crippen molar-refractivity contribution in [2.75, 3.05) is 56.2 Å². The van der Waals surface area contributed by atoms with Gasteiger partial charge in [0, 0.05) is 74.3 Å². The van der Waals surface area contributed by atoms with E-state index in [1.54, 1.807) is 35.0 Å². The number of aldehydes is 1. The molecule has 352 valence electrons. The predicted octanol–water partition coefficient (Wildman–Crippen LogP) is 6.35. The Labute approximate surface area is 396 Å². The Morgan fingerprint density at radius 1 is 0.896 bits per heavy atom. The number of thiazole rings is 1. The summed E-state index contributed by atoms with van der Waals surface area (Å²) in [5.74, 6) is -0.0126. The van der Waals surface area contributed by atoms with Gasteiger partial charge in [0.15, 0.2) is 0 Å². The number of allylic oxidation sites excluding steroid dienone is 2. The largest absolute Gasteiger partial charge is 0.491 e. The van der Waals surface area contributed by atoms with Crippen LogP contribution in [0.4, 0.5) is 11.9 Å². The maximum atomic E-state index is 13.9. The van der Waals surface area contributed by atoms with Gasteiger partial charge in [0.05, 0.1) is 39.6 Å². The highest BCUT2D eigenvalue weighted by atomic mass is 32.2. The normalized spacial score (nSPS) is 14.6. The molecule has 2 aliphatic rings. The summed E-state index contributed by atoms with van der Waals surface area (Å²) >= 11 is 2.79. The third-order valence-corrected chi connectivity index (χ3v) is 14.0. The number of hydrogen-bond donors (Lipinski definition) is 3. The number of anilines is 2. The third-order valence-electron chi connectivity index (χ3n) is 12.3. The van der Waals surface area contributed by atoms with E-state index in [1.807, 2.05) is 60.1 Å². The molecule has 6 aromatic rings. The van der Waals surface area contributed by atoms with Gasteiger partial charge in [-0.25, -0.2) is 15.0 Å². The Kier molecular flexibility index (Phi) is 14.5. The molecular formula is C47H56N12O6S2. The van der Waals surface area contributed by atoms with Gasteiger partial charge < -0.3 is 24.5 Å². The first-order valence-corrected chi connectivity index (χ1v) is 24.7. The number of ether oxygens (including phenoxy) is 1. The molecule has 2 aromatic carbocycles. The first-order chi connectivity index (χ1) is 32.4. The van der Waals surface area contributed by atoms with E-state index in [2.05, 4.69) is 25.6 Å². The Morgan fingerprint density at radius 2 is 1.58 bits per heavy atom. The van der Waals surface area contributed by atoms with Crippen molar-refractivity contribution in [3.63, 3.8) is 0 Å². The summed E-state index contributed by atoms with van der Waals surface area (Å²) in [7, 11) is 0. The topological polar surface area (TPSA) is 217 Å². The lowest BCUT2D eigenvalue weighted by atomic mass is 9.84. The molecule has 2 fully saturated rings. The number of nitrogens with zero attached hydrogens (tertiary/aromatic N) is 9. The van der Waals surface area contributed by atoms with E-state index < -0.39 is 11.8 Å². The highest BCUT2D eigenvalue weighted by molar-refractivity contribution is 7.98. The van der Waals surface area contributed by atoms with Crippen molar-refractivity contribution in [1.29, 1.82) is 0 Å². The second-order valence-electron chi connectivity index (χ2n) is 16.7. The van der Waals surface area contributed by atoms with Crippen LogP contribution in [0.3, 0.4) is 0 Å². The highest BCUT2D eigenvalue weighted by Gasteiger charge is 2.31. The van der Waals surface area contributed by atoms with Crippen molar-refractivity contribution in [2.45, 2.75) is 84.3 Å². The molecule has 18 nitrogen and oxygen atoms in total. The van der Waals surface area contributed by atoms with Gasteiger partial charge in [-0.05, 0) is 83.0 Å². The van der Waals surface area contributed by atoms with Crippen molar-refractivity contribution in [3.05, 3.63) is 80.6 Å². The third kappa shape index (κ3) is 10.2. The van der Waals surface area contributed by atoms with Gasteiger partial charge in [-0.2, -0.15) is 5.10 Å². The van der Waals surface area contributed by atoms with E-state index in [4.69, 9.17) is 20.4 Å². The number of piperazine rings is 1. The monoisotopic (exact) mass is 948 g/mol. The number of aromatic nitrogens is 7. The van der Waals surface area contributed by atoms with Crippen LogP contribution in [0, 0.1) is 19.8 Å². The number of thioether (sulfide) groups is 1. The first-order valence-electron chi connectivity index (χ1n) is 22.7. The second kappa shape index (κ2) is 20.6. The van der Waals surface area contributed by atoms with Gasteiger partial charge >= 0.3 is 0 Å². The van der Waals surface area contributed by atoms with Crippen molar-refractivity contribution in [3.8, 4) is 5.75 Å². The molecule has 1 saturated heterocycles. The Hall–Kier alpha value is -6.38. The predicted molar refractivity (Wildman–Crippen MR) is 260 cm³/mol. The average molecular weight is 949 g/mol. The van der Waals surface area contributed by atoms with Crippen molar-refractivity contribution >= 4 is 87.0 Å². The van der Waals surface area contributed by atoms with Crippen molar-refractivity contribution in [1.82, 2.24) is 43.7 Å². The van der Waals surface area contributed by atoms with E-state index >= 15 is 0 Å². The van der Waals surface area contributed by atoms with E-state index in [0.29, 0.717) is 81.8 Å². The molecule has 1 aliphatic carbocycles. The summed E-state index contributed by atoms with van der Waals surface area (Å²) in [5.41, 5.74) is 10.5. The summed E-state index contributed by atoms with van der Waals surface area (Å²) in [5, 5.41) is 11.3. The molecule has 8 rings (SSSR count). The number of amides is 4. The van der Waals surface area contributed by atoms with E-state index in [-0.39, 0.29) is 42.3 Å². The molecule has 0 radical (unpaired) electrons. The smallest absolute Gasteiger partial charge is 0.276 e. The van der Waals surface area contributed by atoms with E-state index in [0.717, 1.165) is 73.7 Å². The fourth-order valence-electron chi connectivity index (χ4n) is 8.62. The number of hydrogen-bond acceptors (Lipinski definition) is 13. The molecule has 4 amide bonds. The second-order valence-corrected chi connectivity index (χ2v) is 18.8. The Morgan fingerprint density at radius 3 is 2.21 bits per heavy atom. The fraction of sp³-hybridized carbons (Fsp3) is 0.426. The molecule has 5 heterocycles. The maximum absolute atomic E-state index is 13.9. The number of rotatable bonds is 19. The molecule has 4 aromatic heterocycles. The van der Waals surface area contributed by atoms with E-state index in [1.165, 1.54) is 23.1 Å². The van der Waals surface area contributed by atoms with Gasteiger partial charge in [-0.3, -0.25) is 44.2 Å². The van der Waals surface area contributed by atoms with Crippen LogP contribution in [0.1, 0.15) is 96.8 Å². The van der Waals surface area contributed by atoms with Crippen LogP contribution in [-0.2, 0) is 30.8 Å². The number of aryl methyl sites for hydroxylation is 4. The molecule has 0 atom stereocenters. The van der Waals surface area contributed by atoms with Crippen LogP contribution in [0.25, 0.3) is 22.1 Å². The maximum Gasteiger partial charge on any atom is 0.276 e. The quantitative estimate of drug-likeness (QED) is 0.0351. The fourth-order valence-corrected chi connectivity index (χ4v) is 10.2. The standard InChI is InChI=1S/C47H56N12O6S2/c1-6-33-41(67-29(4)49-33)44(63)53-47-50-34-23-30(27-60)24-38(66-5)40(34)58(47)16-9-8-15-57-39-35(51-46(57)52-43(62)36-22-28(3)54-59(36)7-2)25-32(42(48)61)26-37(39)65-21-11-14-55-17-19-56(20-18-55)45(64)31-12-10-13-31/h8-9,22-27,31H,6-7,10-21H2,1-5H3,(H2,48,61)(H,50,53,63)(H,51,52,62)/b9-8+. The Bertz CT molecular complexity index is 2880. The van der Waals surface area contributed by atoms with Gasteiger partial charge in [0.25, 0.3) is 11.8 Å². The lowest BCUT2D eigenvalue weighted by Crippen LogP contribution is -2.51. The molecule has 4 N–H and O–H groups in total. The number of nitrogens with one attached hydrogen (secondary N) is 2. The molecule has 0 unspecified atom stereocenters. The molecule has 20 heteroatoms. The summed E-state index contributed by atoms with van der Waals surface area (Å²) < 4.78 is 11.8. The number of carbonyl (C=O) groups excluding carboxylic acids is 5. The molecule has 67 heavy (non-hydrogen) atoms. The Balaban J connectivity index is 1.09. The number of primary amides is 1. The molecule has 0 spiro atoms. The SMILES string of the molecule is CCc1nc(C)sc1C(=O)Nc1nc2cc(C=O)cc(SC)c2n1C/C=C/Cn1c(NC(=O)c2cc(C)nn2CC)nc2cc(C(N)=O)cc(OCCCN3CCN(C(=O)C4CCC4)CC3)c21. The zero-order valence-corrected chi connectivity index (χ0v) is 40.1. The minimum Gasteiger partial charge on any atom is -0.491 e. The van der Waals surface area contributed by atoms with Crippen LogP contribution >= 0.6 is 23.1 Å². The molecule has 1 saturated carbocycles. The van der Waals surface area contributed by atoms with Crippen LogP contribution in [-0.4, -0.2) is 119 Å². The zero-order chi connectivity index (χ0) is 47.4. The van der Waals surface area contributed by atoms with Crippen LogP contribution in [0.15, 0.2) is 47.4 Å². The van der Waals surface area contributed by atoms with Gasteiger partial charge in [-0.15, -0.1) is 23.1 Å². The summed E-state index contributed by atoms with van der Waals surface area (Å²) in [6.07, 6.45) is 10.9. The zero-order valence-electron chi connectivity index (χ0n) is 38.5. The van der Waals surface area contributed by atoms with Crippen molar-refractivity contribution in [2.24, 2.45) is 11.7 Å². The van der Waals surface area contributed by atoms with Gasteiger partial charge in [-0.1, -0.05) is 25.5 Å². The van der Waals surface area contributed by atoms with Crippen molar-refractivity contribution < 1.29 is 28.7 Å². The number of carbonyl (C=O) groups is 5. The van der Waals surface area contributed by atoms with Crippen LogP contribution < -0.4 is 21.1 Å². The molecular weight excluding hydrogens is 893 g/mol. The lowest BCUT2D eigenvalue weighted by Gasteiger charge is -2.38. The van der Waals surface area contributed by atoms with E-state index in [9.17, 15) is 24.0 Å². The van der Waals surface area contributed by atoms with Gasteiger partial charge in [0.2, 0.25) is 23.7 Å². The first kappa shape index (κ1) is 47.1. The minimum atomic E-state index is -0.653. The number of benzene rings is 2.